The van der Waals surface area contributed by atoms with E-state index < -0.39 is 0 Å². The van der Waals surface area contributed by atoms with Gasteiger partial charge in [0.15, 0.2) is 0 Å². The van der Waals surface area contributed by atoms with Gasteiger partial charge in [-0.1, -0.05) is 43.5 Å². The first-order valence-corrected chi connectivity index (χ1v) is 7.37. The van der Waals surface area contributed by atoms with Crippen molar-refractivity contribution >= 4 is 15.8 Å². The van der Waals surface area contributed by atoms with Gasteiger partial charge in [-0.05, 0) is 13.3 Å². The van der Waals surface area contributed by atoms with Crippen LogP contribution in [0.25, 0.3) is 0 Å². The third kappa shape index (κ3) is 0.886. The Labute approximate surface area is 67.3 Å². The monoisotopic (exact) mass is 176 g/mol. The third-order valence-electron chi connectivity index (χ3n) is 3.28. The van der Waals surface area contributed by atoms with Gasteiger partial charge < -0.3 is 0 Å². The average molecular weight is 176 g/mol. The first-order valence-electron chi connectivity index (χ1n) is 3.79. The van der Waals surface area contributed by atoms with E-state index in [4.69, 9.17) is 0 Å². The van der Waals surface area contributed by atoms with Crippen molar-refractivity contribution in [3.8, 4) is 0 Å². The van der Waals surface area contributed by atoms with Crippen LogP contribution in [0.4, 0.5) is 0 Å². The molecule has 1 aliphatic rings. The van der Waals surface area contributed by atoms with Crippen LogP contribution in [-0.2, 0) is 0 Å². The largest absolute Gasteiger partial charge is 0.0893 e. The lowest BCUT2D eigenvalue weighted by atomic mass is 10.5. The Balaban J connectivity index is 2.78. The van der Waals surface area contributed by atoms with E-state index in [1.165, 1.54) is 0 Å². The summed E-state index contributed by atoms with van der Waals surface area (Å²) in [7, 11) is 0.570. The second-order valence-electron chi connectivity index (χ2n) is 4.11. The summed E-state index contributed by atoms with van der Waals surface area (Å²) in [5, 5.41) is 0. The topological polar surface area (TPSA) is 0 Å². The molecule has 0 unspecified atom stereocenters. The molecule has 0 N–H and O–H groups in total. The normalized spacial score (nSPS) is 42.6. The fraction of sp³-hybridized carbons (Fsp3) is 1.00. The highest BCUT2D eigenvalue weighted by atomic mass is 31.2. The highest BCUT2D eigenvalue weighted by molar-refractivity contribution is 7.94. The lowest BCUT2D eigenvalue weighted by molar-refractivity contribution is 0.825. The van der Waals surface area contributed by atoms with Crippen molar-refractivity contribution in [1.29, 1.82) is 0 Å². The first-order chi connectivity index (χ1) is 4.31. The van der Waals surface area contributed by atoms with Crippen molar-refractivity contribution in [2.75, 3.05) is 13.3 Å². The minimum Gasteiger partial charge on any atom is -0.0893 e. The van der Waals surface area contributed by atoms with Gasteiger partial charge >= 0.3 is 0 Å². The van der Waals surface area contributed by atoms with Gasteiger partial charge in [0.2, 0.25) is 0 Å². The molecule has 1 rings (SSSR count). The SMILES string of the molecule is CP1C(C)(C)P(C)C1(C)C. The Morgan fingerprint density at radius 2 is 0.900 bits per heavy atom. The van der Waals surface area contributed by atoms with Crippen molar-refractivity contribution in [3.05, 3.63) is 0 Å². The molecule has 0 radical (unpaired) electrons. The van der Waals surface area contributed by atoms with E-state index in [1.807, 2.05) is 0 Å². The van der Waals surface area contributed by atoms with Crippen LogP contribution in [0.2, 0.25) is 0 Å². The van der Waals surface area contributed by atoms with Gasteiger partial charge in [-0.2, -0.15) is 0 Å². The Hall–Kier alpha value is 0.860. The zero-order chi connectivity index (χ0) is 8.15. The maximum Gasteiger partial charge on any atom is 0.00608 e. The van der Waals surface area contributed by atoms with Crippen molar-refractivity contribution in [3.63, 3.8) is 0 Å². The molecule has 1 fully saturated rings. The van der Waals surface area contributed by atoms with E-state index in [1.54, 1.807) is 0 Å². The number of hydrogen-bond acceptors (Lipinski definition) is 0. The quantitative estimate of drug-likeness (QED) is 0.494. The van der Waals surface area contributed by atoms with E-state index in [0.29, 0.717) is 9.79 Å². The summed E-state index contributed by atoms with van der Waals surface area (Å²) in [4.78, 5) is 1.41. The van der Waals surface area contributed by atoms with Gasteiger partial charge in [-0.15, -0.1) is 0 Å². The van der Waals surface area contributed by atoms with Crippen molar-refractivity contribution in [2.24, 2.45) is 0 Å². The average Bonchev–Trinajstić information content (AvgIpc) is 1.84. The molecule has 1 aliphatic heterocycles. The lowest BCUT2D eigenvalue weighted by Crippen LogP contribution is -2.41. The van der Waals surface area contributed by atoms with Crippen LogP contribution in [0.1, 0.15) is 27.7 Å². The molecule has 0 amide bonds. The molecule has 0 aromatic rings. The van der Waals surface area contributed by atoms with Crippen molar-refractivity contribution in [1.82, 2.24) is 0 Å². The highest BCUT2D eigenvalue weighted by Gasteiger charge is 2.55. The summed E-state index contributed by atoms with van der Waals surface area (Å²) >= 11 is 0. The molecule has 10 heavy (non-hydrogen) atoms. The van der Waals surface area contributed by atoms with Crippen molar-refractivity contribution in [2.45, 2.75) is 37.5 Å². The van der Waals surface area contributed by atoms with Crippen LogP contribution in [-0.4, -0.2) is 23.1 Å². The van der Waals surface area contributed by atoms with Crippen LogP contribution in [0.5, 0.6) is 0 Å². The predicted molar refractivity (Wildman–Crippen MR) is 53.8 cm³/mol. The lowest BCUT2D eigenvalue weighted by Gasteiger charge is -2.63. The van der Waals surface area contributed by atoms with E-state index in [9.17, 15) is 0 Å². The van der Waals surface area contributed by atoms with Gasteiger partial charge in [-0.3, -0.25) is 0 Å². The molecule has 2 heteroatoms. The van der Waals surface area contributed by atoms with E-state index in [0.717, 1.165) is 0 Å². The molecule has 0 spiro atoms. The van der Waals surface area contributed by atoms with Gasteiger partial charge in [0, 0.05) is 9.79 Å². The minimum absolute atomic E-state index is 0.285. The van der Waals surface area contributed by atoms with E-state index >= 15 is 0 Å². The fourth-order valence-corrected chi connectivity index (χ4v) is 10.3. The Bertz CT molecular complexity index is 119. The highest BCUT2D eigenvalue weighted by Crippen LogP contribution is 2.89. The van der Waals surface area contributed by atoms with Crippen molar-refractivity contribution < 1.29 is 0 Å². The molecule has 0 saturated carbocycles. The summed E-state index contributed by atoms with van der Waals surface area (Å²) < 4.78 is 0. The Kier molecular flexibility index (Phi) is 1.95. The van der Waals surface area contributed by atoms with Gasteiger partial charge in [0.05, 0.1) is 0 Å². The van der Waals surface area contributed by atoms with Gasteiger partial charge in [0.25, 0.3) is 0 Å². The van der Waals surface area contributed by atoms with E-state index in [2.05, 4.69) is 41.0 Å². The molecular weight excluding hydrogens is 158 g/mol. The maximum atomic E-state index is 2.46. The Morgan fingerprint density at radius 1 is 0.700 bits per heavy atom. The fourth-order valence-electron chi connectivity index (χ4n) is 1.74. The number of rotatable bonds is 0. The molecule has 0 aromatic heterocycles. The molecule has 0 atom stereocenters. The molecule has 0 aromatic carbocycles. The predicted octanol–water partition coefficient (Wildman–Crippen LogP) is 3.70. The van der Waals surface area contributed by atoms with E-state index in [-0.39, 0.29) is 15.8 Å². The maximum absolute atomic E-state index is 2.46. The second kappa shape index (κ2) is 2.18. The van der Waals surface area contributed by atoms with Gasteiger partial charge in [0.1, 0.15) is 0 Å². The minimum atomic E-state index is 0.285. The van der Waals surface area contributed by atoms with Gasteiger partial charge in [-0.25, -0.2) is 0 Å². The molecule has 60 valence electrons. The molecule has 0 nitrogen and oxygen atoms in total. The first kappa shape index (κ1) is 8.95. The summed E-state index contributed by atoms with van der Waals surface area (Å²) in [6.45, 7) is 14.7. The van der Waals surface area contributed by atoms with Crippen LogP contribution in [0.3, 0.4) is 0 Å². The molecule has 1 saturated heterocycles. The number of hydrogen-bond donors (Lipinski definition) is 0. The van der Waals surface area contributed by atoms with Crippen LogP contribution >= 0.6 is 15.8 Å². The van der Waals surface area contributed by atoms with Crippen LogP contribution in [0, 0.1) is 0 Å². The third-order valence-corrected chi connectivity index (χ3v) is 13.4. The smallest absolute Gasteiger partial charge is 0.00608 e. The van der Waals surface area contributed by atoms with Crippen LogP contribution in [0.15, 0.2) is 0 Å². The summed E-state index contributed by atoms with van der Waals surface area (Å²) in [5.41, 5.74) is 0. The van der Waals surface area contributed by atoms with Crippen LogP contribution < -0.4 is 0 Å². The summed E-state index contributed by atoms with van der Waals surface area (Å²) in [6, 6.07) is 0. The zero-order valence-electron chi connectivity index (χ0n) is 7.89. The molecule has 0 bridgehead atoms. The summed E-state index contributed by atoms with van der Waals surface area (Å²) in [6.07, 6.45) is 0. The summed E-state index contributed by atoms with van der Waals surface area (Å²) in [5.74, 6) is 0. The second-order valence-corrected chi connectivity index (χ2v) is 11.5. The Morgan fingerprint density at radius 3 is 1.00 bits per heavy atom. The molecular formula is C8H18P2. The zero-order valence-corrected chi connectivity index (χ0v) is 9.68. The molecule has 1 heterocycles. The standard InChI is InChI=1S/C8H18P2/c1-7(2)9(5)8(3,4)10(7)6/h1-6H3. The molecule has 0 aliphatic carbocycles.